The predicted octanol–water partition coefficient (Wildman–Crippen LogP) is 3.10. The third-order valence-corrected chi connectivity index (χ3v) is 5.54. The maximum absolute atomic E-state index is 11.3. The van der Waals surface area contributed by atoms with E-state index in [9.17, 15) is 10.1 Å². The SMILES string of the molecule is CC(=O)NCc1c[nH]c2ncnc(-c3cnn(C(CC#N)C4CCCC4)c3)c12. The van der Waals surface area contributed by atoms with Crippen molar-refractivity contribution in [1.82, 2.24) is 30.0 Å². The van der Waals surface area contributed by atoms with Gasteiger partial charge in [0, 0.05) is 37.0 Å². The molecule has 1 atom stereocenters. The molecule has 3 heterocycles. The Hall–Kier alpha value is -3.21. The summed E-state index contributed by atoms with van der Waals surface area (Å²) in [6.07, 6.45) is 12.4. The van der Waals surface area contributed by atoms with Gasteiger partial charge >= 0.3 is 0 Å². The first-order chi connectivity index (χ1) is 13.7. The van der Waals surface area contributed by atoms with E-state index in [1.165, 1.54) is 26.1 Å². The van der Waals surface area contributed by atoms with Crippen LogP contribution in [0.5, 0.6) is 0 Å². The summed E-state index contributed by atoms with van der Waals surface area (Å²) in [4.78, 5) is 23.2. The van der Waals surface area contributed by atoms with Crippen molar-refractivity contribution < 1.29 is 4.79 Å². The van der Waals surface area contributed by atoms with Crippen LogP contribution in [0.3, 0.4) is 0 Å². The Kier molecular flexibility index (Phi) is 5.06. The van der Waals surface area contributed by atoms with Gasteiger partial charge in [-0.25, -0.2) is 9.97 Å². The molecule has 0 spiro atoms. The Bertz CT molecular complexity index is 1020. The molecule has 144 valence electrons. The number of nitriles is 1. The van der Waals surface area contributed by atoms with Gasteiger partial charge in [-0.2, -0.15) is 10.4 Å². The third-order valence-electron chi connectivity index (χ3n) is 5.54. The molecule has 0 aromatic carbocycles. The second-order valence-corrected chi connectivity index (χ2v) is 7.35. The number of H-pyrrole nitrogens is 1. The number of fused-ring (bicyclic) bond motifs is 1. The highest BCUT2D eigenvalue weighted by atomic mass is 16.1. The molecule has 8 nitrogen and oxygen atoms in total. The summed E-state index contributed by atoms with van der Waals surface area (Å²) < 4.78 is 1.93. The van der Waals surface area contributed by atoms with Crippen LogP contribution in [0.1, 0.15) is 50.6 Å². The van der Waals surface area contributed by atoms with Gasteiger partial charge in [-0.1, -0.05) is 12.8 Å². The van der Waals surface area contributed by atoms with Crippen molar-refractivity contribution in [2.75, 3.05) is 0 Å². The van der Waals surface area contributed by atoms with Crippen molar-refractivity contribution in [3.8, 4) is 17.3 Å². The summed E-state index contributed by atoms with van der Waals surface area (Å²) in [5.74, 6) is 0.414. The van der Waals surface area contributed by atoms with Gasteiger partial charge in [0.15, 0.2) is 0 Å². The summed E-state index contributed by atoms with van der Waals surface area (Å²) >= 11 is 0. The largest absolute Gasteiger partial charge is 0.352 e. The fourth-order valence-electron chi connectivity index (χ4n) is 4.16. The maximum atomic E-state index is 11.3. The van der Waals surface area contributed by atoms with E-state index in [1.54, 1.807) is 6.20 Å². The van der Waals surface area contributed by atoms with E-state index in [-0.39, 0.29) is 11.9 Å². The van der Waals surface area contributed by atoms with Gasteiger partial charge in [-0.05, 0) is 18.8 Å². The topological polar surface area (TPSA) is 112 Å². The molecule has 1 aliphatic carbocycles. The van der Waals surface area contributed by atoms with Crippen LogP contribution in [-0.4, -0.2) is 30.6 Å². The molecule has 28 heavy (non-hydrogen) atoms. The number of hydrogen-bond donors (Lipinski definition) is 2. The summed E-state index contributed by atoms with van der Waals surface area (Å²) in [6, 6.07) is 2.42. The van der Waals surface area contributed by atoms with Crippen molar-refractivity contribution in [3.05, 3.63) is 30.5 Å². The molecule has 0 saturated heterocycles. The fourth-order valence-corrected chi connectivity index (χ4v) is 4.16. The predicted molar refractivity (Wildman–Crippen MR) is 104 cm³/mol. The fraction of sp³-hybridized carbons (Fsp3) is 0.450. The van der Waals surface area contributed by atoms with Gasteiger partial charge in [0.2, 0.25) is 5.91 Å². The van der Waals surface area contributed by atoms with Crippen molar-refractivity contribution >= 4 is 16.9 Å². The van der Waals surface area contributed by atoms with E-state index in [0.717, 1.165) is 40.7 Å². The van der Waals surface area contributed by atoms with Gasteiger partial charge < -0.3 is 10.3 Å². The lowest BCUT2D eigenvalue weighted by Gasteiger charge is -2.21. The van der Waals surface area contributed by atoms with Crippen molar-refractivity contribution in [3.63, 3.8) is 0 Å². The van der Waals surface area contributed by atoms with Crippen molar-refractivity contribution in [2.45, 2.75) is 51.6 Å². The lowest BCUT2D eigenvalue weighted by atomic mass is 9.96. The smallest absolute Gasteiger partial charge is 0.217 e. The van der Waals surface area contributed by atoms with Gasteiger partial charge in [0.1, 0.15) is 12.0 Å². The van der Waals surface area contributed by atoms with Crippen LogP contribution in [0.15, 0.2) is 24.9 Å². The zero-order valence-corrected chi connectivity index (χ0v) is 15.9. The number of carbonyl (C=O) groups is 1. The summed E-state index contributed by atoms with van der Waals surface area (Å²) in [5.41, 5.74) is 3.32. The van der Waals surface area contributed by atoms with Gasteiger partial charge in [0.05, 0.1) is 35.8 Å². The quantitative estimate of drug-likeness (QED) is 0.685. The van der Waals surface area contributed by atoms with Crippen molar-refractivity contribution in [2.24, 2.45) is 5.92 Å². The van der Waals surface area contributed by atoms with E-state index in [2.05, 4.69) is 31.4 Å². The van der Waals surface area contributed by atoms with Crippen LogP contribution in [0, 0.1) is 17.2 Å². The minimum atomic E-state index is -0.0866. The normalized spacial score (nSPS) is 15.6. The highest BCUT2D eigenvalue weighted by Gasteiger charge is 2.27. The van der Waals surface area contributed by atoms with E-state index in [4.69, 9.17) is 0 Å². The summed E-state index contributed by atoms with van der Waals surface area (Å²) in [6.45, 7) is 1.90. The number of hydrogen-bond acceptors (Lipinski definition) is 5. The van der Waals surface area contributed by atoms with Crippen LogP contribution < -0.4 is 5.32 Å². The molecule has 0 radical (unpaired) electrons. The highest BCUT2D eigenvalue weighted by Crippen LogP contribution is 2.37. The molecule has 2 N–H and O–H groups in total. The molecule has 1 unspecified atom stereocenters. The van der Waals surface area contributed by atoms with E-state index in [0.29, 0.717) is 18.9 Å². The number of nitrogens with zero attached hydrogens (tertiary/aromatic N) is 5. The Labute approximate surface area is 163 Å². The molecular weight excluding hydrogens is 354 g/mol. The van der Waals surface area contributed by atoms with Crippen molar-refractivity contribution in [1.29, 1.82) is 5.26 Å². The molecule has 8 heteroatoms. The van der Waals surface area contributed by atoms with Crippen LogP contribution in [0.4, 0.5) is 0 Å². The van der Waals surface area contributed by atoms with E-state index in [1.807, 2.05) is 17.1 Å². The number of nitrogens with one attached hydrogen (secondary N) is 2. The minimum absolute atomic E-state index is 0.0866. The van der Waals surface area contributed by atoms with Crippen LogP contribution in [-0.2, 0) is 11.3 Å². The Morgan fingerprint density at radius 2 is 2.25 bits per heavy atom. The van der Waals surface area contributed by atoms with Crippen LogP contribution >= 0.6 is 0 Å². The number of aromatic amines is 1. The molecule has 3 aromatic heterocycles. The molecule has 4 rings (SSSR count). The van der Waals surface area contributed by atoms with E-state index < -0.39 is 0 Å². The zero-order valence-electron chi connectivity index (χ0n) is 15.9. The highest BCUT2D eigenvalue weighted by molar-refractivity contribution is 5.93. The molecule has 3 aromatic rings. The molecule has 1 aliphatic rings. The first-order valence-electron chi connectivity index (χ1n) is 9.64. The minimum Gasteiger partial charge on any atom is -0.352 e. The Balaban J connectivity index is 1.70. The average Bonchev–Trinajstić information content (AvgIpc) is 3.45. The summed E-state index contributed by atoms with van der Waals surface area (Å²) in [7, 11) is 0. The average molecular weight is 377 g/mol. The van der Waals surface area contributed by atoms with Crippen LogP contribution in [0.25, 0.3) is 22.3 Å². The number of amides is 1. The first kappa shape index (κ1) is 18.2. The zero-order chi connectivity index (χ0) is 19.5. The lowest BCUT2D eigenvalue weighted by molar-refractivity contribution is -0.119. The molecule has 1 saturated carbocycles. The number of rotatable bonds is 6. The molecular formula is C20H23N7O. The molecule has 0 aliphatic heterocycles. The number of aromatic nitrogens is 5. The standard InChI is InChI=1S/C20H23N7O/c1-13(28)22-8-15-9-23-20-18(15)19(24-12-25-20)16-10-26-27(11-16)17(6-7-21)14-4-2-3-5-14/h9-12,14,17H,2-6,8H2,1H3,(H,22,28)(H,23,24,25). The number of carbonyl (C=O) groups excluding carboxylic acids is 1. The summed E-state index contributed by atoms with van der Waals surface area (Å²) in [5, 5.41) is 17.6. The van der Waals surface area contributed by atoms with E-state index >= 15 is 0 Å². The second-order valence-electron chi connectivity index (χ2n) is 7.35. The first-order valence-corrected chi connectivity index (χ1v) is 9.64. The monoisotopic (exact) mass is 377 g/mol. The third kappa shape index (κ3) is 3.48. The molecule has 1 amide bonds. The van der Waals surface area contributed by atoms with Gasteiger partial charge in [-0.15, -0.1) is 0 Å². The van der Waals surface area contributed by atoms with Gasteiger partial charge in [0.25, 0.3) is 0 Å². The lowest BCUT2D eigenvalue weighted by Crippen LogP contribution is -2.18. The molecule has 0 bridgehead atoms. The Morgan fingerprint density at radius 3 is 3.00 bits per heavy atom. The second kappa shape index (κ2) is 7.80. The van der Waals surface area contributed by atoms with Gasteiger partial charge in [-0.3, -0.25) is 9.48 Å². The molecule has 1 fully saturated rings. The maximum Gasteiger partial charge on any atom is 0.217 e. The van der Waals surface area contributed by atoms with Crippen LogP contribution in [0.2, 0.25) is 0 Å². The Morgan fingerprint density at radius 1 is 1.43 bits per heavy atom.